The van der Waals surface area contributed by atoms with Crippen LogP contribution in [0.5, 0.6) is 0 Å². The molecule has 18 atom stereocenters. The number of hydrogen-bond acceptors (Lipinski definition) is 16. The third kappa shape index (κ3) is 13.1. The molecule has 0 aliphatic carbocycles. The number of esters is 1. The van der Waals surface area contributed by atoms with Gasteiger partial charge in [0.1, 0.15) is 35.1 Å². The summed E-state index contributed by atoms with van der Waals surface area (Å²) in [5.41, 5.74) is -5.92. The quantitative estimate of drug-likeness (QED) is 0.117. The van der Waals surface area contributed by atoms with Crippen LogP contribution in [0.3, 0.4) is 0 Å². The zero-order valence-electron chi connectivity index (χ0n) is 42.3. The van der Waals surface area contributed by atoms with Gasteiger partial charge in [-0.3, -0.25) is 9.52 Å². The minimum atomic E-state index is -4.21. The van der Waals surface area contributed by atoms with Gasteiger partial charge in [-0.2, -0.15) is 12.7 Å². The average Bonchev–Trinajstić information content (AvgIpc) is 3.27. The Labute approximate surface area is 418 Å². The second kappa shape index (κ2) is 23.2. The highest BCUT2D eigenvalue weighted by Crippen LogP contribution is 2.44. The monoisotopic (exact) mass is 1100 g/mol. The van der Waals surface area contributed by atoms with Gasteiger partial charge in [0.05, 0.1) is 42.0 Å². The number of likely N-dealkylation sites (N-methyl/N-ethyl adjacent to an activating group) is 1. The minimum Gasteiger partial charge on any atom is -0.459 e. The van der Waals surface area contributed by atoms with Crippen molar-refractivity contribution in [1.29, 1.82) is 0 Å². The largest absolute Gasteiger partial charge is 0.459 e. The first-order chi connectivity index (χ1) is 31.6. The Bertz CT molecular complexity index is 1900. The summed E-state index contributed by atoms with van der Waals surface area (Å²) in [6.07, 6.45) is -6.89. The third-order valence-electron chi connectivity index (χ3n) is 15.4. The van der Waals surface area contributed by atoms with Crippen LogP contribution in [-0.2, 0) is 43.4 Å². The number of rotatable bonds is 12. The number of piperidine rings is 1. The number of nitrogens with one attached hydrogen (secondary N) is 2. The smallest absolute Gasteiger partial charge is 0.311 e. The summed E-state index contributed by atoms with van der Waals surface area (Å²) in [5.74, 6) is -3.11. The molecule has 0 amide bonds. The Kier molecular flexibility index (Phi) is 19.7. The Morgan fingerprint density at radius 1 is 0.956 bits per heavy atom. The van der Waals surface area contributed by atoms with Crippen LogP contribution >= 0.6 is 22.6 Å². The Hall–Kier alpha value is -1.35. The van der Waals surface area contributed by atoms with Crippen LogP contribution in [0.25, 0.3) is 0 Å². The van der Waals surface area contributed by atoms with Crippen molar-refractivity contribution in [3.63, 3.8) is 0 Å². The van der Waals surface area contributed by atoms with Crippen LogP contribution < -0.4 is 10.0 Å². The van der Waals surface area contributed by atoms with E-state index in [1.165, 1.54) is 21.1 Å². The normalized spacial score (nSPS) is 43.3. The lowest BCUT2D eigenvalue weighted by Crippen LogP contribution is -2.70. The summed E-state index contributed by atoms with van der Waals surface area (Å²) >= 11 is 2.13. The molecule has 7 N–H and O–H groups in total. The molecule has 10 unspecified atom stereocenters. The van der Waals surface area contributed by atoms with Crippen LogP contribution in [0.15, 0.2) is 24.3 Å². The SMILES string of the molecule is CCC1OC(=O)C(C)C(O[C@H]2C[C@@](C)(OC)[C@](O)(CN3CCCCC3)[C@H](C)O2)C(C)C(O[C@H]2O[C@@H](C)C[C@@H](N(C)S(=O)(=O)Nc3ccc(I)cc3)[C@@H]2O)C(C)(O)CC(C)CNC(C)C(O)C1(C)O. The third-order valence-corrected chi connectivity index (χ3v) is 17.6. The van der Waals surface area contributed by atoms with E-state index in [0.717, 1.165) is 40.2 Å². The van der Waals surface area contributed by atoms with Crippen LogP contribution in [-0.4, -0.2) is 179 Å². The molecule has 4 fully saturated rings. The van der Waals surface area contributed by atoms with Gasteiger partial charge in [-0.1, -0.05) is 27.2 Å². The molecule has 0 aromatic heterocycles. The van der Waals surface area contributed by atoms with E-state index in [1.54, 1.807) is 72.7 Å². The molecule has 4 saturated heterocycles. The van der Waals surface area contributed by atoms with Crippen LogP contribution in [0.4, 0.5) is 5.69 Å². The molecular weight excluding hydrogens is 1020 g/mol. The fourth-order valence-corrected chi connectivity index (χ4v) is 12.4. The molecule has 20 heteroatoms. The second-order valence-corrected chi connectivity index (χ2v) is 24.0. The van der Waals surface area contributed by atoms with Gasteiger partial charge >= 0.3 is 16.2 Å². The van der Waals surface area contributed by atoms with Crippen molar-refractivity contribution in [2.75, 3.05) is 45.1 Å². The number of carbonyl (C=O) groups is 1. The number of likely N-dealkylation sites (tertiary alicyclic amines) is 1. The van der Waals surface area contributed by atoms with E-state index in [2.05, 4.69) is 37.5 Å². The van der Waals surface area contributed by atoms with Gasteiger partial charge in [0.15, 0.2) is 12.6 Å². The van der Waals surface area contributed by atoms with Crippen molar-refractivity contribution < 1.29 is 67.2 Å². The maximum absolute atomic E-state index is 14.6. The number of ether oxygens (including phenoxy) is 6. The first kappa shape index (κ1) is 57.5. The average molecular weight is 1100 g/mol. The molecule has 18 nitrogen and oxygen atoms in total. The molecule has 0 spiro atoms. The fourth-order valence-electron chi connectivity index (χ4n) is 10.9. The predicted octanol–water partition coefficient (Wildman–Crippen LogP) is 3.75. The highest BCUT2D eigenvalue weighted by molar-refractivity contribution is 14.1. The lowest BCUT2D eigenvalue weighted by molar-refractivity contribution is -0.339. The summed E-state index contributed by atoms with van der Waals surface area (Å²) in [4.78, 5) is 16.8. The number of methoxy groups -OCH3 is 1. The van der Waals surface area contributed by atoms with Crippen LogP contribution in [0.2, 0.25) is 0 Å². The Balaban J connectivity index is 1.55. The van der Waals surface area contributed by atoms with E-state index < -0.39 is 118 Å². The number of benzene rings is 1. The molecule has 0 bridgehead atoms. The summed E-state index contributed by atoms with van der Waals surface area (Å²) in [5, 5.41) is 64.0. The number of aliphatic hydroxyl groups excluding tert-OH is 2. The molecule has 392 valence electrons. The van der Waals surface area contributed by atoms with Gasteiger partial charge in [-0.05, 0) is 153 Å². The minimum absolute atomic E-state index is 0.0465. The number of β-amino-alcohol motifs (C(OH)–C–C–N with tert-alkyl or cyclic N) is 1. The standard InChI is InChI=1S/C48H83IN4O14S/c1-13-37-47(10,58)41(55)32(6)50-26-28(2)24-45(8,57)42(67-44-39(54)36(23-29(3)63-44)52(11)68(60,61)51-35-19-17-34(49)18-20-35)30(4)40(31(5)43(56)65-37)66-38-25-46(9,62-12)48(59,33(7)64-38)27-53-21-15-14-16-22-53/h17-20,28-33,36-42,44,50-51,54-55,57-59H,13-16,21-27H2,1-12H3/t28?,29-,30?,31?,32?,33-,36+,37?,38-,39-,40?,41?,42?,44+,45?,46+,47?,48-/m0/s1. The molecule has 0 radical (unpaired) electrons. The number of halogens is 1. The molecule has 4 aliphatic heterocycles. The van der Waals surface area contributed by atoms with Crippen molar-refractivity contribution in [2.24, 2.45) is 17.8 Å². The Morgan fingerprint density at radius 3 is 2.19 bits per heavy atom. The van der Waals surface area contributed by atoms with Crippen molar-refractivity contribution in [1.82, 2.24) is 14.5 Å². The van der Waals surface area contributed by atoms with Crippen molar-refractivity contribution >= 4 is 44.5 Å². The highest BCUT2D eigenvalue weighted by atomic mass is 127. The van der Waals surface area contributed by atoms with Gasteiger partial charge in [0.2, 0.25) is 0 Å². The second-order valence-electron chi connectivity index (χ2n) is 21.0. The Morgan fingerprint density at radius 2 is 1.59 bits per heavy atom. The summed E-state index contributed by atoms with van der Waals surface area (Å²) < 4.78 is 71.0. The summed E-state index contributed by atoms with van der Waals surface area (Å²) in [6, 6.07) is 5.13. The molecule has 1 aromatic rings. The maximum Gasteiger partial charge on any atom is 0.311 e. The predicted molar refractivity (Wildman–Crippen MR) is 265 cm³/mol. The lowest BCUT2D eigenvalue weighted by Gasteiger charge is -2.55. The van der Waals surface area contributed by atoms with Gasteiger partial charge in [-0.15, -0.1) is 0 Å². The molecule has 4 heterocycles. The van der Waals surface area contributed by atoms with E-state index in [9.17, 15) is 38.7 Å². The molecule has 4 aliphatic rings. The van der Waals surface area contributed by atoms with Gasteiger partial charge in [-0.25, -0.2) is 0 Å². The van der Waals surface area contributed by atoms with Crippen molar-refractivity contribution in [3.05, 3.63) is 27.8 Å². The highest BCUT2D eigenvalue weighted by Gasteiger charge is 2.59. The zero-order valence-corrected chi connectivity index (χ0v) is 45.2. The molecule has 5 rings (SSSR count). The first-order valence-corrected chi connectivity index (χ1v) is 27.0. The van der Waals surface area contributed by atoms with Gasteiger partial charge in [0, 0.05) is 48.3 Å². The molecule has 0 saturated carbocycles. The topological polar surface area (TPSA) is 238 Å². The number of carbonyl (C=O) groups excluding carboxylic acids is 1. The van der Waals surface area contributed by atoms with Gasteiger partial charge in [0.25, 0.3) is 0 Å². The molecule has 68 heavy (non-hydrogen) atoms. The zero-order chi connectivity index (χ0) is 50.7. The van der Waals surface area contributed by atoms with Crippen molar-refractivity contribution in [2.45, 2.75) is 204 Å². The number of nitrogens with zero attached hydrogens (tertiary/aromatic N) is 2. The summed E-state index contributed by atoms with van der Waals surface area (Å²) in [7, 11) is -1.30. The summed E-state index contributed by atoms with van der Waals surface area (Å²) in [6.45, 7) is 19.4. The van der Waals surface area contributed by atoms with Crippen molar-refractivity contribution in [3.8, 4) is 0 Å². The number of hydrogen-bond donors (Lipinski definition) is 7. The number of aliphatic hydroxyl groups is 5. The van der Waals surface area contributed by atoms with Crippen LogP contribution in [0.1, 0.15) is 114 Å². The van der Waals surface area contributed by atoms with E-state index in [0.29, 0.717) is 18.8 Å². The van der Waals surface area contributed by atoms with Gasteiger partial charge < -0.3 is 64.2 Å². The van der Waals surface area contributed by atoms with E-state index >= 15 is 0 Å². The number of cyclic esters (lactones) is 1. The molecular formula is C48H83IN4O14S. The van der Waals surface area contributed by atoms with E-state index in [4.69, 9.17) is 28.4 Å². The molecule has 1 aromatic carbocycles. The lowest BCUT2D eigenvalue weighted by atomic mass is 9.74. The maximum atomic E-state index is 14.6. The van der Waals surface area contributed by atoms with E-state index in [1.807, 2.05) is 13.8 Å². The first-order valence-electron chi connectivity index (χ1n) is 24.5. The van der Waals surface area contributed by atoms with E-state index in [-0.39, 0.29) is 31.6 Å². The number of anilines is 1. The van der Waals surface area contributed by atoms with Crippen LogP contribution in [0, 0.1) is 21.3 Å². The fraction of sp³-hybridized carbons (Fsp3) is 0.854.